The highest BCUT2D eigenvalue weighted by atomic mass is 16.5. The van der Waals surface area contributed by atoms with Crippen LogP contribution in [0.1, 0.15) is 24.4 Å². The number of carbonyl (C=O) groups is 1. The van der Waals surface area contributed by atoms with E-state index in [2.05, 4.69) is 5.32 Å². The van der Waals surface area contributed by atoms with Crippen LogP contribution in [0.3, 0.4) is 0 Å². The predicted molar refractivity (Wildman–Crippen MR) is 60.9 cm³/mol. The summed E-state index contributed by atoms with van der Waals surface area (Å²) in [6, 6.07) is 9.13. The van der Waals surface area contributed by atoms with Gasteiger partial charge in [-0.1, -0.05) is 30.3 Å². The molecule has 0 saturated carbocycles. The number of ether oxygens (including phenoxy) is 1. The molecule has 3 N–H and O–H groups in total. The number of urea groups is 1. The standard InChI is InChI=1S/C12H16N2O2/c13-12(15)14-11(10-7-4-8-16-10)9-5-2-1-3-6-9/h1-3,5-6,10-11H,4,7-8H2,(H3,13,14,15)/t10-,11?/m0/s1. The largest absolute Gasteiger partial charge is 0.376 e. The summed E-state index contributed by atoms with van der Waals surface area (Å²) in [5.74, 6) is 0. The summed E-state index contributed by atoms with van der Waals surface area (Å²) in [4.78, 5) is 11.0. The van der Waals surface area contributed by atoms with Crippen LogP contribution >= 0.6 is 0 Å². The zero-order chi connectivity index (χ0) is 11.4. The monoisotopic (exact) mass is 220 g/mol. The van der Waals surface area contributed by atoms with Gasteiger partial charge in [0.15, 0.2) is 0 Å². The number of carbonyl (C=O) groups excluding carboxylic acids is 1. The van der Waals surface area contributed by atoms with Crippen LogP contribution in [-0.2, 0) is 4.74 Å². The molecule has 1 heterocycles. The highest BCUT2D eigenvalue weighted by Gasteiger charge is 2.27. The molecule has 1 aromatic carbocycles. The summed E-state index contributed by atoms with van der Waals surface area (Å²) >= 11 is 0. The first kappa shape index (κ1) is 11.0. The Morgan fingerprint density at radius 2 is 2.19 bits per heavy atom. The molecule has 4 nitrogen and oxygen atoms in total. The Morgan fingerprint density at radius 1 is 1.44 bits per heavy atom. The van der Waals surface area contributed by atoms with Crippen LogP contribution < -0.4 is 11.1 Å². The molecule has 1 fully saturated rings. The van der Waals surface area contributed by atoms with Gasteiger partial charge in [-0.15, -0.1) is 0 Å². The van der Waals surface area contributed by atoms with Crippen molar-refractivity contribution in [2.45, 2.75) is 25.0 Å². The molecular weight excluding hydrogens is 204 g/mol. The van der Waals surface area contributed by atoms with Crippen LogP contribution in [0.5, 0.6) is 0 Å². The van der Waals surface area contributed by atoms with Gasteiger partial charge >= 0.3 is 6.03 Å². The van der Waals surface area contributed by atoms with Crippen molar-refractivity contribution < 1.29 is 9.53 Å². The van der Waals surface area contributed by atoms with Gasteiger partial charge in [0.25, 0.3) is 0 Å². The van der Waals surface area contributed by atoms with E-state index < -0.39 is 6.03 Å². The van der Waals surface area contributed by atoms with Gasteiger partial charge in [0.05, 0.1) is 12.1 Å². The minimum atomic E-state index is -0.510. The first-order valence-corrected chi connectivity index (χ1v) is 5.50. The number of hydrogen-bond acceptors (Lipinski definition) is 2. The maximum atomic E-state index is 11.0. The van der Waals surface area contributed by atoms with E-state index in [-0.39, 0.29) is 12.1 Å². The van der Waals surface area contributed by atoms with E-state index in [9.17, 15) is 4.79 Å². The molecule has 2 atom stereocenters. The van der Waals surface area contributed by atoms with E-state index in [1.54, 1.807) is 0 Å². The average molecular weight is 220 g/mol. The summed E-state index contributed by atoms with van der Waals surface area (Å²) < 4.78 is 5.60. The van der Waals surface area contributed by atoms with Crippen LogP contribution in [0.4, 0.5) is 4.79 Å². The van der Waals surface area contributed by atoms with Crippen molar-refractivity contribution in [3.8, 4) is 0 Å². The predicted octanol–water partition coefficient (Wildman–Crippen LogP) is 1.57. The number of benzene rings is 1. The number of primary amides is 1. The molecule has 1 aliphatic rings. The summed E-state index contributed by atoms with van der Waals surface area (Å²) in [7, 11) is 0. The molecular formula is C12H16N2O2. The molecule has 0 bridgehead atoms. The lowest BCUT2D eigenvalue weighted by atomic mass is 9.99. The molecule has 2 amide bonds. The second kappa shape index (κ2) is 4.99. The number of nitrogens with two attached hydrogens (primary N) is 1. The lowest BCUT2D eigenvalue weighted by molar-refractivity contribution is 0.0813. The molecule has 0 aromatic heterocycles. The number of nitrogens with one attached hydrogen (secondary N) is 1. The third-order valence-corrected chi connectivity index (χ3v) is 2.79. The molecule has 4 heteroatoms. The molecule has 0 aliphatic carbocycles. The summed E-state index contributed by atoms with van der Waals surface area (Å²) in [5, 5.41) is 2.75. The van der Waals surface area contributed by atoms with Gasteiger partial charge in [0.2, 0.25) is 0 Å². The van der Waals surface area contributed by atoms with Gasteiger partial charge in [0, 0.05) is 6.61 Å². The smallest absolute Gasteiger partial charge is 0.312 e. The van der Waals surface area contributed by atoms with Crippen molar-refractivity contribution in [1.82, 2.24) is 5.32 Å². The van der Waals surface area contributed by atoms with E-state index in [1.807, 2.05) is 30.3 Å². The Hall–Kier alpha value is -1.55. The molecule has 1 aromatic rings. The van der Waals surface area contributed by atoms with Crippen molar-refractivity contribution in [3.05, 3.63) is 35.9 Å². The van der Waals surface area contributed by atoms with Crippen LogP contribution in [-0.4, -0.2) is 18.7 Å². The summed E-state index contributed by atoms with van der Waals surface area (Å²) in [5.41, 5.74) is 6.23. The fraction of sp³-hybridized carbons (Fsp3) is 0.417. The highest BCUT2D eigenvalue weighted by Crippen LogP contribution is 2.26. The Labute approximate surface area is 94.8 Å². The Balaban J connectivity index is 2.16. The van der Waals surface area contributed by atoms with Crippen LogP contribution in [0, 0.1) is 0 Å². The van der Waals surface area contributed by atoms with E-state index in [0.29, 0.717) is 0 Å². The van der Waals surface area contributed by atoms with Gasteiger partial charge < -0.3 is 15.8 Å². The maximum absolute atomic E-state index is 11.0. The van der Waals surface area contributed by atoms with Crippen molar-refractivity contribution >= 4 is 6.03 Å². The van der Waals surface area contributed by atoms with Crippen molar-refractivity contribution in [2.75, 3.05) is 6.61 Å². The van der Waals surface area contributed by atoms with Crippen LogP contribution in [0.25, 0.3) is 0 Å². The zero-order valence-corrected chi connectivity index (χ0v) is 9.06. The van der Waals surface area contributed by atoms with Gasteiger partial charge in [-0.25, -0.2) is 4.79 Å². The van der Waals surface area contributed by atoms with Gasteiger partial charge in [-0.05, 0) is 18.4 Å². The van der Waals surface area contributed by atoms with E-state index in [1.165, 1.54) is 0 Å². The van der Waals surface area contributed by atoms with E-state index >= 15 is 0 Å². The molecule has 1 saturated heterocycles. The fourth-order valence-corrected chi connectivity index (χ4v) is 2.07. The quantitative estimate of drug-likeness (QED) is 0.812. The van der Waals surface area contributed by atoms with Gasteiger partial charge in [-0.3, -0.25) is 0 Å². The molecule has 1 aliphatic heterocycles. The normalized spacial score (nSPS) is 21.6. The summed E-state index contributed by atoms with van der Waals surface area (Å²) in [6.07, 6.45) is 2.03. The second-order valence-electron chi connectivity index (χ2n) is 3.95. The molecule has 0 radical (unpaired) electrons. The first-order valence-electron chi connectivity index (χ1n) is 5.50. The zero-order valence-electron chi connectivity index (χ0n) is 9.06. The van der Waals surface area contributed by atoms with Gasteiger partial charge in [-0.2, -0.15) is 0 Å². The lowest BCUT2D eigenvalue weighted by Gasteiger charge is -2.23. The van der Waals surface area contributed by atoms with Crippen LogP contribution in [0.2, 0.25) is 0 Å². The summed E-state index contributed by atoms with van der Waals surface area (Å²) in [6.45, 7) is 0.758. The van der Waals surface area contributed by atoms with Crippen molar-refractivity contribution in [2.24, 2.45) is 5.73 Å². The highest BCUT2D eigenvalue weighted by molar-refractivity contribution is 5.72. The molecule has 1 unspecified atom stereocenters. The maximum Gasteiger partial charge on any atom is 0.312 e. The molecule has 16 heavy (non-hydrogen) atoms. The van der Waals surface area contributed by atoms with Crippen molar-refractivity contribution in [3.63, 3.8) is 0 Å². The third kappa shape index (κ3) is 2.52. The average Bonchev–Trinajstić information content (AvgIpc) is 2.80. The fourth-order valence-electron chi connectivity index (χ4n) is 2.07. The Kier molecular flexibility index (Phi) is 3.41. The number of rotatable bonds is 3. The number of amides is 2. The SMILES string of the molecule is NC(=O)NC(c1ccccc1)[C@@H]1CCCO1. The second-order valence-corrected chi connectivity index (χ2v) is 3.95. The third-order valence-electron chi connectivity index (χ3n) is 2.79. The van der Waals surface area contributed by atoms with Crippen LogP contribution in [0.15, 0.2) is 30.3 Å². The molecule has 0 spiro atoms. The van der Waals surface area contributed by atoms with Gasteiger partial charge in [0.1, 0.15) is 0 Å². The minimum Gasteiger partial charge on any atom is -0.376 e. The molecule has 2 rings (SSSR count). The Bertz CT molecular complexity index is 347. The van der Waals surface area contributed by atoms with E-state index in [4.69, 9.17) is 10.5 Å². The topological polar surface area (TPSA) is 64.4 Å². The lowest BCUT2D eigenvalue weighted by Crippen LogP contribution is -2.39. The molecule has 86 valence electrons. The minimum absolute atomic E-state index is 0.0369. The van der Waals surface area contributed by atoms with Crippen molar-refractivity contribution in [1.29, 1.82) is 0 Å². The number of hydrogen-bond donors (Lipinski definition) is 2. The Morgan fingerprint density at radius 3 is 2.75 bits per heavy atom. The first-order chi connectivity index (χ1) is 7.77. The van der Waals surface area contributed by atoms with E-state index in [0.717, 1.165) is 25.0 Å².